The van der Waals surface area contributed by atoms with Gasteiger partial charge in [-0.15, -0.1) is 0 Å². The maximum Gasteiger partial charge on any atom is 0.254 e. The van der Waals surface area contributed by atoms with Crippen molar-refractivity contribution in [3.63, 3.8) is 0 Å². The van der Waals surface area contributed by atoms with Crippen molar-refractivity contribution in [2.45, 2.75) is 52.1 Å². The number of fused-ring (bicyclic) bond motifs is 1. The number of carbonyl (C=O) groups is 2. The third-order valence-electron chi connectivity index (χ3n) is 6.01. The summed E-state index contributed by atoms with van der Waals surface area (Å²) in [6.07, 6.45) is 3.08. The molecule has 29 heavy (non-hydrogen) atoms. The van der Waals surface area contributed by atoms with Crippen molar-refractivity contribution < 1.29 is 14.3 Å². The highest BCUT2D eigenvalue weighted by atomic mass is 16.5. The highest BCUT2D eigenvalue weighted by Crippen LogP contribution is 2.41. The summed E-state index contributed by atoms with van der Waals surface area (Å²) in [5.74, 6) is 0.158. The highest BCUT2D eigenvalue weighted by Gasteiger charge is 2.41. The normalized spacial score (nSPS) is 20.7. The molecule has 1 atom stereocenters. The zero-order chi connectivity index (χ0) is 20.6. The van der Waals surface area contributed by atoms with Gasteiger partial charge in [0.15, 0.2) is 5.78 Å². The van der Waals surface area contributed by atoms with Crippen molar-refractivity contribution >= 4 is 11.7 Å². The lowest BCUT2D eigenvalue weighted by Crippen LogP contribution is -2.32. The molecule has 0 radical (unpaired) electrons. The summed E-state index contributed by atoms with van der Waals surface area (Å²) in [6.45, 7) is 6.10. The van der Waals surface area contributed by atoms with Gasteiger partial charge in [-0.2, -0.15) is 5.10 Å². The Balaban J connectivity index is 1.73. The molecule has 1 saturated heterocycles. The van der Waals surface area contributed by atoms with Crippen LogP contribution < -0.4 is 0 Å². The van der Waals surface area contributed by atoms with Gasteiger partial charge >= 0.3 is 0 Å². The van der Waals surface area contributed by atoms with Crippen LogP contribution in [-0.4, -0.2) is 46.6 Å². The average Bonchev–Trinajstić information content (AvgIpc) is 3.30. The lowest BCUT2D eigenvalue weighted by molar-refractivity contribution is 0.0728. The van der Waals surface area contributed by atoms with Crippen LogP contribution in [0.15, 0.2) is 30.3 Å². The summed E-state index contributed by atoms with van der Waals surface area (Å²) in [7, 11) is 1.67. The van der Waals surface area contributed by atoms with Gasteiger partial charge in [-0.05, 0) is 36.8 Å². The fraction of sp³-hybridized carbons (Fsp3) is 0.522. The number of ketones is 1. The molecule has 4 rings (SSSR count). The number of methoxy groups -OCH3 is 1. The van der Waals surface area contributed by atoms with Gasteiger partial charge in [0.25, 0.3) is 5.91 Å². The average molecular weight is 396 g/mol. The monoisotopic (exact) mass is 395 g/mol. The molecular weight excluding hydrogens is 366 g/mol. The second-order valence-electron chi connectivity index (χ2n) is 8.89. The SMILES string of the molecule is COCCn1nc([C@H]2CCCN2C(=O)c2ccccc2)c2c1CC(C)(C)CC2=O. The van der Waals surface area contributed by atoms with E-state index in [2.05, 4.69) is 13.8 Å². The van der Waals surface area contributed by atoms with Crippen LogP contribution in [0.1, 0.15) is 71.3 Å². The lowest BCUT2D eigenvalue weighted by Gasteiger charge is -2.30. The Hall–Kier alpha value is -2.47. The number of carbonyl (C=O) groups excluding carboxylic acids is 2. The van der Waals surface area contributed by atoms with Gasteiger partial charge in [0.2, 0.25) is 0 Å². The van der Waals surface area contributed by atoms with E-state index in [0.29, 0.717) is 31.7 Å². The minimum Gasteiger partial charge on any atom is -0.383 e. The van der Waals surface area contributed by atoms with Gasteiger partial charge < -0.3 is 9.64 Å². The molecule has 1 fully saturated rings. The van der Waals surface area contributed by atoms with Gasteiger partial charge in [0.05, 0.1) is 36.1 Å². The van der Waals surface area contributed by atoms with E-state index in [-0.39, 0.29) is 23.1 Å². The van der Waals surface area contributed by atoms with Crippen molar-refractivity contribution in [1.82, 2.24) is 14.7 Å². The van der Waals surface area contributed by atoms with Crippen LogP contribution >= 0.6 is 0 Å². The molecule has 2 aliphatic rings. The quantitative estimate of drug-likeness (QED) is 0.775. The van der Waals surface area contributed by atoms with E-state index in [1.54, 1.807) is 7.11 Å². The van der Waals surface area contributed by atoms with E-state index in [0.717, 1.165) is 36.2 Å². The molecular formula is C23H29N3O3. The van der Waals surface area contributed by atoms with Gasteiger partial charge in [-0.3, -0.25) is 14.3 Å². The first-order valence-corrected chi connectivity index (χ1v) is 10.4. The summed E-state index contributed by atoms with van der Waals surface area (Å²) in [6, 6.07) is 9.21. The molecule has 154 valence electrons. The first-order chi connectivity index (χ1) is 13.9. The molecule has 1 aromatic heterocycles. The van der Waals surface area contributed by atoms with E-state index in [1.807, 2.05) is 39.9 Å². The second-order valence-corrected chi connectivity index (χ2v) is 8.89. The Morgan fingerprint density at radius 1 is 1.24 bits per heavy atom. The summed E-state index contributed by atoms with van der Waals surface area (Å²) >= 11 is 0. The number of benzene rings is 1. The molecule has 1 aliphatic carbocycles. The molecule has 1 aliphatic heterocycles. The predicted molar refractivity (Wildman–Crippen MR) is 110 cm³/mol. The molecule has 0 N–H and O–H groups in total. The van der Waals surface area contributed by atoms with Crippen LogP contribution in [-0.2, 0) is 17.7 Å². The van der Waals surface area contributed by atoms with Crippen molar-refractivity contribution in [2.75, 3.05) is 20.3 Å². The Morgan fingerprint density at radius 2 is 2.00 bits per heavy atom. The summed E-state index contributed by atoms with van der Waals surface area (Å²) in [4.78, 5) is 28.2. The summed E-state index contributed by atoms with van der Waals surface area (Å²) in [5.41, 5.74) is 3.12. The Morgan fingerprint density at radius 3 is 2.72 bits per heavy atom. The van der Waals surface area contributed by atoms with Crippen molar-refractivity contribution in [3.05, 3.63) is 52.8 Å². The van der Waals surface area contributed by atoms with Crippen LogP contribution in [0.3, 0.4) is 0 Å². The van der Waals surface area contributed by atoms with Crippen LogP contribution in [0.5, 0.6) is 0 Å². The Kier molecular flexibility index (Phi) is 5.30. The number of likely N-dealkylation sites (tertiary alicyclic amines) is 1. The number of hydrogen-bond acceptors (Lipinski definition) is 4. The first kappa shape index (κ1) is 19.8. The molecule has 6 heteroatoms. The first-order valence-electron chi connectivity index (χ1n) is 10.4. The van der Waals surface area contributed by atoms with E-state index < -0.39 is 0 Å². The van der Waals surface area contributed by atoms with Crippen molar-refractivity contribution in [3.8, 4) is 0 Å². The third-order valence-corrected chi connectivity index (χ3v) is 6.01. The zero-order valence-electron chi connectivity index (χ0n) is 17.5. The fourth-order valence-electron chi connectivity index (χ4n) is 4.68. The lowest BCUT2D eigenvalue weighted by atomic mass is 9.75. The molecule has 2 heterocycles. The predicted octanol–water partition coefficient (Wildman–Crippen LogP) is 3.66. The van der Waals surface area contributed by atoms with Gasteiger partial charge in [-0.25, -0.2) is 0 Å². The molecule has 1 aromatic carbocycles. The smallest absolute Gasteiger partial charge is 0.254 e. The molecule has 0 spiro atoms. The maximum absolute atomic E-state index is 13.1. The molecule has 0 unspecified atom stereocenters. The largest absolute Gasteiger partial charge is 0.383 e. The van der Waals surface area contributed by atoms with Crippen LogP contribution in [0.2, 0.25) is 0 Å². The molecule has 1 amide bonds. The van der Waals surface area contributed by atoms with Gasteiger partial charge in [0.1, 0.15) is 0 Å². The van der Waals surface area contributed by atoms with Gasteiger partial charge in [0, 0.05) is 25.6 Å². The number of aromatic nitrogens is 2. The maximum atomic E-state index is 13.1. The number of rotatable bonds is 5. The third kappa shape index (κ3) is 3.73. The van der Waals surface area contributed by atoms with Crippen LogP contribution in [0.25, 0.3) is 0 Å². The minimum atomic E-state index is -0.148. The van der Waals surface area contributed by atoms with Crippen molar-refractivity contribution in [1.29, 1.82) is 0 Å². The Bertz CT molecular complexity index is 917. The fourth-order valence-corrected chi connectivity index (χ4v) is 4.68. The number of Topliss-reactive ketones (excluding diaryl/α,β-unsaturated/α-hetero) is 1. The number of hydrogen-bond donors (Lipinski definition) is 0. The van der Waals surface area contributed by atoms with Crippen LogP contribution in [0, 0.1) is 5.41 Å². The van der Waals surface area contributed by atoms with E-state index in [4.69, 9.17) is 9.84 Å². The summed E-state index contributed by atoms with van der Waals surface area (Å²) in [5, 5.41) is 4.88. The molecule has 0 bridgehead atoms. The topological polar surface area (TPSA) is 64.4 Å². The molecule has 0 saturated carbocycles. The standard InChI is InChI=1S/C23H29N3O3/c1-23(2)14-18-20(19(27)15-23)21(24-26(18)12-13-29-3)17-10-7-11-25(17)22(28)16-8-5-4-6-9-16/h4-6,8-9,17H,7,10-15H2,1-3H3/t17-/m1/s1. The van der Waals surface area contributed by atoms with Crippen molar-refractivity contribution in [2.24, 2.45) is 5.41 Å². The van der Waals surface area contributed by atoms with Gasteiger partial charge in [-0.1, -0.05) is 32.0 Å². The van der Waals surface area contributed by atoms with E-state index in [9.17, 15) is 9.59 Å². The number of ether oxygens (including phenoxy) is 1. The Labute approximate surface area is 171 Å². The highest BCUT2D eigenvalue weighted by molar-refractivity contribution is 6.00. The second kappa shape index (κ2) is 7.75. The van der Waals surface area contributed by atoms with E-state index >= 15 is 0 Å². The number of amides is 1. The van der Waals surface area contributed by atoms with Crippen LogP contribution in [0.4, 0.5) is 0 Å². The minimum absolute atomic E-state index is 0.0110. The van der Waals surface area contributed by atoms with E-state index in [1.165, 1.54) is 0 Å². The zero-order valence-corrected chi connectivity index (χ0v) is 17.5. The molecule has 6 nitrogen and oxygen atoms in total. The molecule has 2 aromatic rings. The number of nitrogens with zero attached hydrogens (tertiary/aromatic N) is 3. The summed E-state index contributed by atoms with van der Waals surface area (Å²) < 4.78 is 7.20.